The lowest BCUT2D eigenvalue weighted by Gasteiger charge is -2.26. The maximum Gasteiger partial charge on any atom is 0.274 e. The predicted molar refractivity (Wildman–Crippen MR) is 75.0 cm³/mol. The third kappa shape index (κ3) is 2.06. The summed E-state index contributed by atoms with van der Waals surface area (Å²) in [7, 11) is 0. The van der Waals surface area contributed by atoms with Gasteiger partial charge in [0.25, 0.3) is 5.91 Å². The van der Waals surface area contributed by atoms with Crippen LogP contribution in [0.3, 0.4) is 0 Å². The van der Waals surface area contributed by atoms with Crippen LogP contribution in [0.1, 0.15) is 16.3 Å². The highest BCUT2D eigenvalue weighted by atomic mass is 35.5. The summed E-state index contributed by atoms with van der Waals surface area (Å²) >= 11 is 5.87. The Labute approximate surface area is 124 Å². The van der Waals surface area contributed by atoms with Gasteiger partial charge < -0.3 is 9.47 Å². The number of carbonyl (C=O) groups excluding carboxylic acids is 1. The standard InChI is InChI=1S/C13H11ClN6O/c14-9-6-16-11-5-10(17-20(11)7-9)13(21)19-4-3-18-2-1-15-12(18)8-19/h1-2,5-7H,3-4,8H2. The maximum atomic E-state index is 12.5. The van der Waals surface area contributed by atoms with E-state index >= 15 is 0 Å². The summed E-state index contributed by atoms with van der Waals surface area (Å²) in [6.07, 6.45) is 6.84. The van der Waals surface area contributed by atoms with E-state index in [0.717, 1.165) is 12.4 Å². The van der Waals surface area contributed by atoms with Crippen LogP contribution < -0.4 is 0 Å². The largest absolute Gasteiger partial charge is 0.332 e. The molecule has 21 heavy (non-hydrogen) atoms. The second kappa shape index (κ2) is 4.56. The quantitative estimate of drug-likeness (QED) is 0.678. The molecule has 3 aromatic heterocycles. The molecule has 0 aliphatic carbocycles. The number of hydrogen-bond donors (Lipinski definition) is 0. The van der Waals surface area contributed by atoms with E-state index in [1.807, 2.05) is 6.20 Å². The first kappa shape index (κ1) is 12.3. The number of carbonyl (C=O) groups is 1. The molecule has 0 fully saturated rings. The highest BCUT2D eigenvalue weighted by Gasteiger charge is 2.24. The van der Waals surface area contributed by atoms with E-state index in [4.69, 9.17) is 11.6 Å². The van der Waals surface area contributed by atoms with Crippen LogP contribution in [0, 0.1) is 0 Å². The number of hydrogen-bond acceptors (Lipinski definition) is 4. The van der Waals surface area contributed by atoms with Gasteiger partial charge >= 0.3 is 0 Å². The topological polar surface area (TPSA) is 68.3 Å². The van der Waals surface area contributed by atoms with Gasteiger partial charge in [-0.2, -0.15) is 5.10 Å². The van der Waals surface area contributed by atoms with Crippen LogP contribution in [0.2, 0.25) is 5.02 Å². The summed E-state index contributed by atoms with van der Waals surface area (Å²) in [6, 6.07) is 1.67. The van der Waals surface area contributed by atoms with Crippen molar-refractivity contribution in [2.75, 3.05) is 6.54 Å². The smallest absolute Gasteiger partial charge is 0.274 e. The Kier molecular flexibility index (Phi) is 2.68. The lowest BCUT2D eigenvalue weighted by atomic mass is 10.3. The average molecular weight is 303 g/mol. The number of nitrogens with zero attached hydrogens (tertiary/aromatic N) is 6. The first-order valence-corrected chi connectivity index (χ1v) is 6.89. The van der Waals surface area contributed by atoms with E-state index < -0.39 is 0 Å². The molecule has 1 amide bonds. The Balaban J connectivity index is 1.64. The summed E-state index contributed by atoms with van der Waals surface area (Å²) in [5, 5.41) is 4.72. The van der Waals surface area contributed by atoms with E-state index in [1.54, 1.807) is 23.4 Å². The molecular weight excluding hydrogens is 292 g/mol. The minimum absolute atomic E-state index is 0.120. The Morgan fingerprint density at radius 2 is 2.19 bits per heavy atom. The molecule has 106 valence electrons. The second-order valence-electron chi connectivity index (χ2n) is 4.87. The Hall–Kier alpha value is -2.41. The Bertz CT molecular complexity index is 838. The molecule has 0 saturated carbocycles. The molecule has 0 saturated heterocycles. The molecule has 0 spiro atoms. The van der Waals surface area contributed by atoms with E-state index in [0.29, 0.717) is 29.5 Å². The van der Waals surface area contributed by atoms with Crippen LogP contribution in [-0.2, 0) is 13.1 Å². The fourth-order valence-corrected chi connectivity index (χ4v) is 2.61. The van der Waals surface area contributed by atoms with Gasteiger partial charge in [-0.1, -0.05) is 11.6 Å². The van der Waals surface area contributed by atoms with Gasteiger partial charge in [-0.25, -0.2) is 14.5 Å². The van der Waals surface area contributed by atoms with Crippen molar-refractivity contribution >= 4 is 23.2 Å². The van der Waals surface area contributed by atoms with Gasteiger partial charge in [-0.05, 0) is 0 Å². The van der Waals surface area contributed by atoms with Crippen LogP contribution >= 0.6 is 11.6 Å². The number of amides is 1. The van der Waals surface area contributed by atoms with Gasteiger partial charge in [0, 0.05) is 37.7 Å². The number of imidazole rings is 1. The third-order valence-corrected chi connectivity index (χ3v) is 3.73. The van der Waals surface area contributed by atoms with Gasteiger partial charge in [0.15, 0.2) is 11.3 Å². The summed E-state index contributed by atoms with van der Waals surface area (Å²) in [5.41, 5.74) is 0.964. The highest BCUT2D eigenvalue weighted by molar-refractivity contribution is 6.30. The predicted octanol–water partition coefficient (Wildman–Crippen LogP) is 1.24. The first-order chi connectivity index (χ1) is 10.2. The normalized spacial score (nSPS) is 14.4. The van der Waals surface area contributed by atoms with Gasteiger partial charge in [-0.3, -0.25) is 4.79 Å². The molecule has 0 radical (unpaired) electrons. The SMILES string of the molecule is O=C(c1cc2ncc(Cl)cn2n1)N1CCn2ccnc2C1. The van der Waals surface area contributed by atoms with Crippen molar-refractivity contribution < 1.29 is 4.79 Å². The lowest BCUT2D eigenvalue weighted by molar-refractivity contribution is 0.0701. The molecule has 0 atom stereocenters. The fraction of sp³-hybridized carbons (Fsp3) is 0.231. The molecule has 1 aliphatic heterocycles. The van der Waals surface area contributed by atoms with E-state index in [1.165, 1.54) is 10.7 Å². The number of aromatic nitrogens is 5. The summed E-state index contributed by atoms with van der Waals surface area (Å²) in [4.78, 5) is 22.7. The molecular formula is C13H11ClN6O. The first-order valence-electron chi connectivity index (χ1n) is 6.51. The second-order valence-corrected chi connectivity index (χ2v) is 5.30. The third-order valence-electron chi connectivity index (χ3n) is 3.53. The van der Waals surface area contributed by atoms with Crippen LogP contribution in [0.5, 0.6) is 0 Å². The fourth-order valence-electron chi connectivity index (χ4n) is 2.47. The van der Waals surface area contributed by atoms with Gasteiger partial charge in [0.1, 0.15) is 5.82 Å². The van der Waals surface area contributed by atoms with Gasteiger partial charge in [0.05, 0.1) is 17.8 Å². The molecule has 0 bridgehead atoms. The Morgan fingerprint density at radius 1 is 1.29 bits per heavy atom. The monoisotopic (exact) mass is 302 g/mol. The summed E-state index contributed by atoms with van der Waals surface area (Å²) in [5.74, 6) is 0.769. The zero-order valence-corrected chi connectivity index (χ0v) is 11.7. The van der Waals surface area contributed by atoms with Crippen molar-refractivity contribution in [3.05, 3.63) is 47.4 Å². The number of fused-ring (bicyclic) bond motifs is 2. The molecule has 8 heteroatoms. The van der Waals surface area contributed by atoms with Gasteiger partial charge in [0.2, 0.25) is 0 Å². The van der Waals surface area contributed by atoms with Crippen LogP contribution in [0.4, 0.5) is 0 Å². The van der Waals surface area contributed by atoms with Crippen molar-refractivity contribution in [1.29, 1.82) is 0 Å². The van der Waals surface area contributed by atoms with Crippen LogP contribution in [-0.4, -0.2) is 41.5 Å². The van der Waals surface area contributed by atoms with E-state index in [2.05, 4.69) is 19.6 Å². The summed E-state index contributed by atoms with van der Waals surface area (Å²) in [6.45, 7) is 1.89. The molecule has 4 rings (SSSR count). The molecule has 7 nitrogen and oxygen atoms in total. The minimum Gasteiger partial charge on any atom is -0.332 e. The van der Waals surface area contributed by atoms with Crippen LogP contribution in [0.15, 0.2) is 30.9 Å². The van der Waals surface area contributed by atoms with Crippen molar-refractivity contribution in [1.82, 2.24) is 29.0 Å². The van der Waals surface area contributed by atoms with Crippen LogP contribution in [0.25, 0.3) is 5.65 Å². The number of rotatable bonds is 1. The maximum absolute atomic E-state index is 12.5. The van der Waals surface area contributed by atoms with Crippen molar-refractivity contribution in [2.45, 2.75) is 13.1 Å². The molecule has 3 aromatic rings. The highest BCUT2D eigenvalue weighted by Crippen LogP contribution is 2.15. The summed E-state index contributed by atoms with van der Waals surface area (Å²) < 4.78 is 3.56. The van der Waals surface area contributed by atoms with E-state index in [9.17, 15) is 4.79 Å². The number of halogens is 1. The van der Waals surface area contributed by atoms with E-state index in [-0.39, 0.29) is 5.91 Å². The molecule has 0 aromatic carbocycles. The molecule has 4 heterocycles. The minimum atomic E-state index is -0.120. The zero-order chi connectivity index (χ0) is 14.4. The zero-order valence-electron chi connectivity index (χ0n) is 11.0. The van der Waals surface area contributed by atoms with Crippen molar-refractivity contribution in [3.63, 3.8) is 0 Å². The van der Waals surface area contributed by atoms with Gasteiger partial charge in [-0.15, -0.1) is 0 Å². The molecule has 0 N–H and O–H groups in total. The molecule has 1 aliphatic rings. The van der Waals surface area contributed by atoms with Crippen molar-refractivity contribution in [3.8, 4) is 0 Å². The van der Waals surface area contributed by atoms with Crippen molar-refractivity contribution in [2.24, 2.45) is 0 Å². The lowest BCUT2D eigenvalue weighted by Crippen LogP contribution is -2.38. The Morgan fingerprint density at radius 3 is 3.10 bits per heavy atom. The average Bonchev–Trinajstić information content (AvgIpc) is 3.11. The molecule has 0 unspecified atom stereocenters.